The molecule has 5 rings (SSSR count). The lowest BCUT2D eigenvalue weighted by Gasteiger charge is -2.37. The number of anilines is 1. The van der Waals surface area contributed by atoms with E-state index < -0.39 is 10.2 Å². The number of rotatable bonds is 4. The van der Waals surface area contributed by atoms with Crippen LogP contribution >= 0.6 is 11.3 Å². The molecule has 164 valence electrons. The van der Waals surface area contributed by atoms with Crippen LogP contribution in [0.1, 0.15) is 25.7 Å². The molecule has 0 bridgehead atoms. The summed E-state index contributed by atoms with van der Waals surface area (Å²) in [4.78, 5) is 13.4. The molecule has 2 aliphatic heterocycles. The minimum Gasteiger partial charge on any atom is -0.353 e. The molecular formula is C22H27N5O2S2. The number of hydrogen-bond donors (Lipinski definition) is 0. The van der Waals surface area contributed by atoms with Gasteiger partial charge in [-0.15, -0.1) is 11.3 Å². The lowest BCUT2D eigenvalue weighted by atomic mass is 10.2. The summed E-state index contributed by atoms with van der Waals surface area (Å²) in [5, 5.41) is 1.04. The van der Waals surface area contributed by atoms with Crippen molar-refractivity contribution in [1.29, 1.82) is 0 Å². The molecular weight excluding hydrogens is 430 g/mol. The molecule has 0 aliphatic carbocycles. The molecule has 1 aromatic carbocycles. The Bertz CT molecular complexity index is 1130. The molecule has 7 nitrogen and oxygen atoms in total. The number of thiophene rings is 1. The van der Waals surface area contributed by atoms with Gasteiger partial charge in [0, 0.05) is 44.1 Å². The third-order valence-electron chi connectivity index (χ3n) is 6.12. The zero-order chi connectivity index (χ0) is 21.3. The summed E-state index contributed by atoms with van der Waals surface area (Å²) in [7, 11) is -3.38. The first-order valence-electron chi connectivity index (χ1n) is 10.9. The second-order valence-electron chi connectivity index (χ2n) is 8.10. The van der Waals surface area contributed by atoms with Gasteiger partial charge in [-0.1, -0.05) is 43.2 Å². The number of benzene rings is 1. The minimum absolute atomic E-state index is 0.486. The highest BCUT2D eigenvalue weighted by Crippen LogP contribution is 2.36. The maximum atomic E-state index is 13.1. The van der Waals surface area contributed by atoms with Crippen molar-refractivity contribution in [3.8, 4) is 10.4 Å². The molecule has 0 saturated carbocycles. The molecule has 2 aliphatic rings. The minimum atomic E-state index is -3.38. The Labute approximate surface area is 187 Å². The van der Waals surface area contributed by atoms with Crippen molar-refractivity contribution in [1.82, 2.24) is 18.6 Å². The van der Waals surface area contributed by atoms with E-state index in [2.05, 4.69) is 33.1 Å². The van der Waals surface area contributed by atoms with E-state index in [1.54, 1.807) is 26.3 Å². The van der Waals surface area contributed by atoms with E-state index in [9.17, 15) is 8.42 Å². The smallest absolute Gasteiger partial charge is 0.282 e. The van der Waals surface area contributed by atoms with Crippen molar-refractivity contribution in [2.45, 2.75) is 25.7 Å². The topological polar surface area (TPSA) is 69.6 Å². The maximum absolute atomic E-state index is 13.1. The van der Waals surface area contributed by atoms with Gasteiger partial charge in [-0.05, 0) is 24.5 Å². The van der Waals surface area contributed by atoms with Crippen LogP contribution in [0.15, 0.2) is 42.7 Å². The van der Waals surface area contributed by atoms with Gasteiger partial charge in [0.15, 0.2) is 0 Å². The van der Waals surface area contributed by atoms with Crippen LogP contribution in [0, 0.1) is 0 Å². The molecule has 2 aromatic heterocycles. The molecule has 3 aromatic rings. The summed E-state index contributed by atoms with van der Waals surface area (Å²) in [6.07, 6.45) is 5.77. The van der Waals surface area contributed by atoms with Crippen LogP contribution in [0.4, 0.5) is 5.82 Å². The summed E-state index contributed by atoms with van der Waals surface area (Å²) in [5.41, 5.74) is 1.17. The van der Waals surface area contributed by atoms with E-state index in [4.69, 9.17) is 0 Å². The van der Waals surface area contributed by atoms with Crippen LogP contribution < -0.4 is 4.90 Å². The van der Waals surface area contributed by atoms with Crippen LogP contribution in [0.2, 0.25) is 0 Å². The van der Waals surface area contributed by atoms with Gasteiger partial charge in [0.25, 0.3) is 10.2 Å². The summed E-state index contributed by atoms with van der Waals surface area (Å²) in [6.45, 7) is 3.53. The van der Waals surface area contributed by atoms with Crippen LogP contribution in [0.3, 0.4) is 0 Å². The number of piperazine rings is 1. The molecule has 0 atom stereocenters. The first-order valence-corrected chi connectivity index (χ1v) is 13.1. The molecule has 4 heterocycles. The van der Waals surface area contributed by atoms with E-state index >= 15 is 0 Å². The SMILES string of the molecule is O=S(=O)(N1CCCCCC1)N1CCN(c2ncnc3sc(-c4ccccc4)cc23)CC1. The van der Waals surface area contributed by atoms with E-state index in [1.165, 1.54) is 10.4 Å². The van der Waals surface area contributed by atoms with Crippen molar-refractivity contribution in [2.24, 2.45) is 0 Å². The lowest BCUT2D eigenvalue weighted by molar-refractivity contribution is 0.327. The van der Waals surface area contributed by atoms with Gasteiger partial charge >= 0.3 is 0 Å². The number of fused-ring (bicyclic) bond motifs is 1. The van der Waals surface area contributed by atoms with E-state index in [0.717, 1.165) is 41.7 Å². The normalized spacial score (nSPS) is 19.5. The molecule has 9 heteroatoms. The zero-order valence-corrected chi connectivity index (χ0v) is 19.1. The molecule has 31 heavy (non-hydrogen) atoms. The highest BCUT2D eigenvalue weighted by atomic mass is 32.2. The summed E-state index contributed by atoms with van der Waals surface area (Å²) >= 11 is 1.66. The third-order valence-corrected chi connectivity index (χ3v) is 9.25. The lowest BCUT2D eigenvalue weighted by Crippen LogP contribution is -2.53. The van der Waals surface area contributed by atoms with Gasteiger partial charge in [-0.25, -0.2) is 9.97 Å². The Morgan fingerprint density at radius 3 is 2.19 bits per heavy atom. The average molecular weight is 458 g/mol. The van der Waals surface area contributed by atoms with Crippen molar-refractivity contribution < 1.29 is 8.42 Å². The van der Waals surface area contributed by atoms with Gasteiger partial charge < -0.3 is 4.90 Å². The van der Waals surface area contributed by atoms with E-state index in [1.807, 2.05) is 18.2 Å². The number of hydrogen-bond acceptors (Lipinski definition) is 6. The molecule has 0 radical (unpaired) electrons. The molecule has 2 fully saturated rings. The van der Waals surface area contributed by atoms with Gasteiger partial charge in [0.05, 0.1) is 5.39 Å². The van der Waals surface area contributed by atoms with Crippen LogP contribution in [0.25, 0.3) is 20.7 Å². The molecule has 0 spiro atoms. The number of nitrogens with zero attached hydrogens (tertiary/aromatic N) is 5. The number of aromatic nitrogens is 2. The monoisotopic (exact) mass is 457 g/mol. The highest BCUT2D eigenvalue weighted by Gasteiger charge is 2.33. The average Bonchev–Trinajstić information content (AvgIpc) is 3.05. The summed E-state index contributed by atoms with van der Waals surface area (Å²) < 4.78 is 29.6. The first-order chi connectivity index (χ1) is 15.1. The van der Waals surface area contributed by atoms with Crippen molar-refractivity contribution >= 4 is 37.6 Å². The van der Waals surface area contributed by atoms with Crippen LogP contribution in [-0.4, -0.2) is 66.3 Å². The van der Waals surface area contributed by atoms with Crippen LogP contribution in [-0.2, 0) is 10.2 Å². The molecule has 0 amide bonds. The highest BCUT2D eigenvalue weighted by molar-refractivity contribution is 7.86. The second kappa shape index (κ2) is 8.82. The third kappa shape index (κ3) is 4.19. The zero-order valence-electron chi connectivity index (χ0n) is 17.5. The Morgan fingerprint density at radius 2 is 1.48 bits per heavy atom. The van der Waals surface area contributed by atoms with Crippen molar-refractivity contribution in [2.75, 3.05) is 44.2 Å². The van der Waals surface area contributed by atoms with Gasteiger partial charge in [-0.2, -0.15) is 17.0 Å². The van der Waals surface area contributed by atoms with Gasteiger partial charge in [0.2, 0.25) is 0 Å². The van der Waals surface area contributed by atoms with E-state index in [-0.39, 0.29) is 0 Å². The fourth-order valence-corrected chi connectivity index (χ4v) is 7.08. The molecule has 2 saturated heterocycles. The van der Waals surface area contributed by atoms with Crippen LogP contribution in [0.5, 0.6) is 0 Å². The predicted octanol–water partition coefficient (Wildman–Crippen LogP) is 3.60. The Hall–Kier alpha value is -2.07. The maximum Gasteiger partial charge on any atom is 0.282 e. The fourth-order valence-electron chi connectivity index (χ4n) is 4.41. The molecule has 0 unspecified atom stereocenters. The summed E-state index contributed by atoms with van der Waals surface area (Å²) in [5.74, 6) is 0.898. The Kier molecular flexibility index (Phi) is 5.92. The second-order valence-corrected chi connectivity index (χ2v) is 11.1. The van der Waals surface area contributed by atoms with Crippen molar-refractivity contribution in [3.63, 3.8) is 0 Å². The predicted molar refractivity (Wildman–Crippen MR) is 126 cm³/mol. The van der Waals surface area contributed by atoms with Gasteiger partial charge in [0.1, 0.15) is 17.0 Å². The summed E-state index contributed by atoms with van der Waals surface area (Å²) in [6, 6.07) is 12.5. The standard InChI is InChI=1S/C22H27N5O2S2/c28-31(29,26-10-6-1-2-7-11-26)27-14-12-25(13-15-27)21-19-16-20(18-8-4-3-5-9-18)30-22(19)24-17-23-21/h3-5,8-9,16-17H,1-2,6-7,10-15H2. The van der Waals surface area contributed by atoms with Crippen molar-refractivity contribution in [3.05, 3.63) is 42.7 Å². The fraction of sp³-hybridized carbons (Fsp3) is 0.455. The largest absolute Gasteiger partial charge is 0.353 e. The first kappa shape index (κ1) is 20.8. The van der Waals surface area contributed by atoms with Gasteiger partial charge in [-0.3, -0.25) is 0 Å². The van der Waals surface area contributed by atoms with E-state index in [0.29, 0.717) is 39.3 Å². The Balaban J connectivity index is 1.34. The Morgan fingerprint density at radius 1 is 0.806 bits per heavy atom. The molecule has 0 N–H and O–H groups in total. The quantitative estimate of drug-likeness (QED) is 0.599.